The van der Waals surface area contributed by atoms with Crippen molar-refractivity contribution in [2.24, 2.45) is 0 Å². The number of thioether (sulfide) groups is 1. The first-order valence-electron chi connectivity index (χ1n) is 10.6. The molecule has 162 valence electrons. The first kappa shape index (κ1) is 20.8. The van der Waals surface area contributed by atoms with Crippen LogP contribution >= 0.6 is 34.7 Å². The molecule has 0 bridgehead atoms. The number of nitrogens with zero attached hydrogens (tertiary/aromatic N) is 5. The third-order valence-corrected chi connectivity index (χ3v) is 7.96. The number of carbonyl (C=O) groups is 1. The lowest BCUT2D eigenvalue weighted by molar-refractivity contribution is -0.129. The van der Waals surface area contributed by atoms with Crippen molar-refractivity contribution in [3.63, 3.8) is 0 Å². The number of hydrogen-bond acceptors (Lipinski definition) is 6. The minimum atomic E-state index is 0.157. The van der Waals surface area contributed by atoms with Crippen molar-refractivity contribution in [3.8, 4) is 5.69 Å². The summed E-state index contributed by atoms with van der Waals surface area (Å²) in [5, 5.41) is 12.4. The van der Waals surface area contributed by atoms with Gasteiger partial charge in [0.25, 0.3) is 0 Å². The highest BCUT2D eigenvalue weighted by Gasteiger charge is 2.31. The van der Waals surface area contributed by atoms with Gasteiger partial charge in [-0.25, -0.2) is 0 Å². The topological polar surface area (TPSA) is 54.3 Å². The number of halogens is 1. The molecule has 0 saturated carbocycles. The summed E-state index contributed by atoms with van der Waals surface area (Å²) in [5.74, 6) is 1.33. The van der Waals surface area contributed by atoms with Gasteiger partial charge in [0.05, 0.1) is 17.5 Å². The first-order chi connectivity index (χ1) is 15.2. The average molecular weight is 474 g/mol. The molecule has 2 aliphatic heterocycles. The number of thiophene rings is 1. The Morgan fingerprint density at radius 1 is 1.13 bits per heavy atom. The monoisotopic (exact) mass is 473 g/mol. The van der Waals surface area contributed by atoms with Gasteiger partial charge >= 0.3 is 0 Å². The zero-order valence-corrected chi connectivity index (χ0v) is 19.5. The third-order valence-electron chi connectivity index (χ3n) is 5.84. The number of likely N-dealkylation sites (tertiary alicyclic amines) is 1. The van der Waals surface area contributed by atoms with Gasteiger partial charge in [-0.2, -0.15) is 0 Å². The summed E-state index contributed by atoms with van der Waals surface area (Å²) in [6.07, 6.45) is 4.40. The molecule has 3 aromatic rings. The SMILES string of the molecule is O=C(CSc1nnc(N2CCCC2)n1-c1cccc(Cl)c1)N1CCCC1c1cccs1. The molecule has 6 nitrogen and oxygen atoms in total. The van der Waals surface area contributed by atoms with E-state index in [1.165, 1.54) is 16.6 Å². The minimum Gasteiger partial charge on any atom is -0.341 e. The van der Waals surface area contributed by atoms with E-state index in [0.717, 1.165) is 62.1 Å². The molecule has 2 saturated heterocycles. The smallest absolute Gasteiger partial charge is 0.233 e. The summed E-state index contributed by atoms with van der Waals surface area (Å²) in [4.78, 5) is 18.7. The number of rotatable bonds is 6. The summed E-state index contributed by atoms with van der Waals surface area (Å²) in [5.41, 5.74) is 0.923. The van der Waals surface area contributed by atoms with E-state index < -0.39 is 0 Å². The standard InChI is InChI=1S/C22H24ClN5OS2/c23-16-6-3-7-17(14-16)28-21(26-10-1-2-11-26)24-25-22(28)31-15-20(29)27-12-4-8-18(27)19-9-5-13-30-19/h3,5-7,9,13-14,18H,1-2,4,8,10-12,15H2. The number of carbonyl (C=O) groups excluding carboxylic acids is 1. The molecule has 5 rings (SSSR count). The molecule has 2 fully saturated rings. The molecule has 0 N–H and O–H groups in total. The van der Waals surface area contributed by atoms with Gasteiger partial charge in [-0.15, -0.1) is 21.5 Å². The van der Waals surface area contributed by atoms with Crippen LogP contribution in [0.2, 0.25) is 5.02 Å². The molecule has 1 amide bonds. The van der Waals surface area contributed by atoms with Crippen molar-refractivity contribution in [2.45, 2.75) is 36.9 Å². The Hall–Kier alpha value is -2.03. The molecule has 9 heteroatoms. The molecule has 0 spiro atoms. The van der Waals surface area contributed by atoms with Crippen molar-refractivity contribution >= 4 is 46.6 Å². The minimum absolute atomic E-state index is 0.157. The number of hydrogen-bond donors (Lipinski definition) is 0. The average Bonchev–Trinajstić information content (AvgIpc) is 3.56. The lowest BCUT2D eigenvalue weighted by Crippen LogP contribution is -2.31. The Bertz CT molecular complexity index is 1050. The van der Waals surface area contributed by atoms with E-state index in [9.17, 15) is 4.79 Å². The lowest BCUT2D eigenvalue weighted by atomic mass is 10.2. The Labute approximate surface area is 195 Å². The molecule has 1 aromatic carbocycles. The third kappa shape index (κ3) is 4.33. The first-order valence-corrected chi connectivity index (χ1v) is 12.9. The van der Waals surface area contributed by atoms with E-state index in [2.05, 4.69) is 32.6 Å². The maximum Gasteiger partial charge on any atom is 0.233 e. The summed E-state index contributed by atoms with van der Waals surface area (Å²) in [6.45, 7) is 2.76. The Morgan fingerprint density at radius 3 is 2.77 bits per heavy atom. The van der Waals surface area contributed by atoms with Gasteiger partial charge in [-0.3, -0.25) is 9.36 Å². The molecule has 31 heavy (non-hydrogen) atoms. The maximum atomic E-state index is 13.1. The second-order valence-electron chi connectivity index (χ2n) is 7.84. The Morgan fingerprint density at radius 2 is 2.00 bits per heavy atom. The highest BCUT2D eigenvalue weighted by molar-refractivity contribution is 7.99. The van der Waals surface area contributed by atoms with Crippen LogP contribution in [0.15, 0.2) is 46.9 Å². The van der Waals surface area contributed by atoms with Crippen LogP contribution in [-0.2, 0) is 4.79 Å². The van der Waals surface area contributed by atoms with Gasteiger partial charge in [0.15, 0.2) is 5.16 Å². The zero-order valence-electron chi connectivity index (χ0n) is 17.1. The number of amides is 1. The Balaban J connectivity index is 1.37. The van der Waals surface area contributed by atoms with Crippen molar-refractivity contribution in [1.82, 2.24) is 19.7 Å². The highest BCUT2D eigenvalue weighted by atomic mass is 35.5. The molecular weight excluding hydrogens is 450 g/mol. The summed E-state index contributed by atoms with van der Waals surface area (Å²) < 4.78 is 2.04. The molecule has 0 aliphatic carbocycles. The van der Waals surface area contributed by atoms with Crippen LogP contribution in [0.25, 0.3) is 5.69 Å². The van der Waals surface area contributed by atoms with Gasteiger partial charge in [-0.1, -0.05) is 35.5 Å². The molecule has 0 radical (unpaired) electrons. The predicted octanol–water partition coefficient (Wildman–Crippen LogP) is 5.04. The van der Waals surface area contributed by atoms with Gasteiger partial charge in [0.1, 0.15) is 0 Å². The van der Waals surface area contributed by atoms with E-state index in [0.29, 0.717) is 10.8 Å². The van der Waals surface area contributed by atoms with Crippen LogP contribution in [0.4, 0.5) is 5.95 Å². The zero-order chi connectivity index (χ0) is 21.2. The van der Waals surface area contributed by atoms with Gasteiger partial charge < -0.3 is 9.80 Å². The second-order valence-corrected chi connectivity index (χ2v) is 10.2. The largest absolute Gasteiger partial charge is 0.341 e. The van der Waals surface area contributed by atoms with E-state index in [1.807, 2.05) is 33.7 Å². The molecule has 2 aromatic heterocycles. The van der Waals surface area contributed by atoms with Crippen molar-refractivity contribution in [3.05, 3.63) is 51.7 Å². The van der Waals surface area contributed by atoms with Crippen LogP contribution in [0.5, 0.6) is 0 Å². The highest BCUT2D eigenvalue weighted by Crippen LogP contribution is 2.36. The number of benzene rings is 1. The van der Waals surface area contributed by atoms with E-state index >= 15 is 0 Å². The van der Waals surface area contributed by atoms with Crippen molar-refractivity contribution < 1.29 is 4.79 Å². The molecule has 1 unspecified atom stereocenters. The lowest BCUT2D eigenvalue weighted by Gasteiger charge is -2.24. The van der Waals surface area contributed by atoms with Gasteiger partial charge in [-0.05, 0) is 55.3 Å². The van der Waals surface area contributed by atoms with Gasteiger partial charge in [0.2, 0.25) is 11.9 Å². The summed E-state index contributed by atoms with van der Waals surface area (Å²) in [6, 6.07) is 12.1. The van der Waals surface area contributed by atoms with Crippen molar-refractivity contribution in [2.75, 3.05) is 30.3 Å². The fraction of sp³-hybridized carbons (Fsp3) is 0.409. The molecule has 1 atom stereocenters. The number of anilines is 1. The molecule has 4 heterocycles. The predicted molar refractivity (Wildman–Crippen MR) is 127 cm³/mol. The van der Waals surface area contributed by atoms with Crippen molar-refractivity contribution in [1.29, 1.82) is 0 Å². The van der Waals surface area contributed by atoms with E-state index in [-0.39, 0.29) is 11.9 Å². The molecule has 2 aliphatic rings. The fourth-order valence-electron chi connectivity index (χ4n) is 4.37. The van der Waals surface area contributed by atoms with Crippen LogP contribution < -0.4 is 4.90 Å². The maximum absolute atomic E-state index is 13.1. The summed E-state index contributed by atoms with van der Waals surface area (Å²) >= 11 is 9.45. The van der Waals surface area contributed by atoms with Crippen LogP contribution in [0, 0.1) is 0 Å². The molecular formula is C22H24ClN5OS2. The van der Waals surface area contributed by atoms with Crippen LogP contribution in [0.3, 0.4) is 0 Å². The van der Waals surface area contributed by atoms with E-state index in [1.54, 1.807) is 11.3 Å². The normalized spacial score (nSPS) is 18.8. The quantitative estimate of drug-likeness (QED) is 0.469. The van der Waals surface area contributed by atoms with Crippen LogP contribution in [-0.4, -0.2) is 51.0 Å². The van der Waals surface area contributed by atoms with Gasteiger partial charge in [0, 0.05) is 29.5 Å². The van der Waals surface area contributed by atoms with E-state index in [4.69, 9.17) is 11.6 Å². The second kappa shape index (κ2) is 9.22. The van der Waals surface area contributed by atoms with Crippen LogP contribution in [0.1, 0.15) is 36.6 Å². The Kier molecular flexibility index (Phi) is 6.20. The summed E-state index contributed by atoms with van der Waals surface area (Å²) in [7, 11) is 0. The fourth-order valence-corrected chi connectivity index (χ4v) is 6.26. The number of aromatic nitrogens is 3.